The van der Waals surface area contributed by atoms with Crippen molar-refractivity contribution in [2.45, 2.75) is 51.5 Å². The number of nitrogens with one attached hydrogen (secondary N) is 1. The summed E-state index contributed by atoms with van der Waals surface area (Å²) < 4.78 is 4.95. The summed E-state index contributed by atoms with van der Waals surface area (Å²) in [4.78, 5) is 0. The van der Waals surface area contributed by atoms with Crippen molar-refractivity contribution < 1.29 is 4.74 Å². The van der Waals surface area contributed by atoms with Gasteiger partial charge >= 0.3 is 0 Å². The summed E-state index contributed by atoms with van der Waals surface area (Å²) in [7, 11) is 1.67. The molecule has 0 saturated carbocycles. The van der Waals surface area contributed by atoms with Crippen LogP contribution in [0.15, 0.2) is 0 Å². The highest BCUT2D eigenvalue weighted by Gasteiger charge is 2.21. The molecule has 0 amide bonds. The Hall–Kier alpha value is -0.590. The molecule has 0 heterocycles. The standard InChI is InChI=1S/C12H24N2O/c1-4-5-6-7-8-12(2,11-13)14-9-10-15-3/h14H,4-10H2,1-3H3. The molecule has 0 bridgehead atoms. The second kappa shape index (κ2) is 8.70. The van der Waals surface area contributed by atoms with Gasteiger partial charge in [-0.15, -0.1) is 0 Å². The van der Waals surface area contributed by atoms with Crippen LogP contribution in [0.4, 0.5) is 0 Å². The number of nitrogens with zero attached hydrogens (tertiary/aromatic N) is 1. The van der Waals surface area contributed by atoms with Gasteiger partial charge in [-0.1, -0.05) is 32.6 Å². The molecule has 0 aromatic rings. The Balaban J connectivity index is 3.71. The molecule has 0 radical (unpaired) electrons. The van der Waals surface area contributed by atoms with E-state index in [0.29, 0.717) is 6.61 Å². The molecule has 0 aliphatic carbocycles. The van der Waals surface area contributed by atoms with Crippen LogP contribution in [-0.4, -0.2) is 25.8 Å². The van der Waals surface area contributed by atoms with Crippen molar-refractivity contribution in [1.82, 2.24) is 5.32 Å². The van der Waals surface area contributed by atoms with Crippen molar-refractivity contribution in [3.05, 3.63) is 0 Å². The van der Waals surface area contributed by atoms with Gasteiger partial charge < -0.3 is 4.74 Å². The molecule has 1 N–H and O–H groups in total. The molecule has 88 valence electrons. The monoisotopic (exact) mass is 212 g/mol. The van der Waals surface area contributed by atoms with E-state index in [1.165, 1.54) is 19.3 Å². The number of ether oxygens (including phenoxy) is 1. The normalized spacial score (nSPS) is 14.5. The maximum atomic E-state index is 9.09. The van der Waals surface area contributed by atoms with Crippen LogP contribution in [-0.2, 0) is 4.74 Å². The Bertz CT molecular complexity index is 189. The van der Waals surface area contributed by atoms with Gasteiger partial charge in [0, 0.05) is 13.7 Å². The van der Waals surface area contributed by atoms with Crippen molar-refractivity contribution in [1.29, 1.82) is 5.26 Å². The Morgan fingerprint density at radius 1 is 1.33 bits per heavy atom. The van der Waals surface area contributed by atoms with E-state index in [1.54, 1.807) is 7.11 Å². The lowest BCUT2D eigenvalue weighted by molar-refractivity contribution is 0.190. The third-order valence-corrected chi connectivity index (χ3v) is 2.60. The summed E-state index contributed by atoms with van der Waals surface area (Å²) in [6.07, 6.45) is 5.77. The molecule has 1 unspecified atom stereocenters. The molecule has 0 aliphatic heterocycles. The van der Waals surface area contributed by atoms with E-state index in [4.69, 9.17) is 10.00 Å². The van der Waals surface area contributed by atoms with E-state index in [-0.39, 0.29) is 5.54 Å². The van der Waals surface area contributed by atoms with Crippen molar-refractivity contribution in [3.63, 3.8) is 0 Å². The molecule has 0 aromatic carbocycles. The van der Waals surface area contributed by atoms with Crippen LogP contribution in [0.1, 0.15) is 46.0 Å². The van der Waals surface area contributed by atoms with E-state index >= 15 is 0 Å². The topological polar surface area (TPSA) is 45.0 Å². The van der Waals surface area contributed by atoms with Gasteiger partial charge in [-0.3, -0.25) is 5.32 Å². The minimum Gasteiger partial charge on any atom is -0.383 e. The van der Waals surface area contributed by atoms with Gasteiger partial charge in [-0.25, -0.2) is 0 Å². The first-order valence-electron chi connectivity index (χ1n) is 5.83. The quantitative estimate of drug-likeness (QED) is 0.597. The molecule has 1 atom stereocenters. The second-order valence-electron chi connectivity index (χ2n) is 4.17. The summed E-state index contributed by atoms with van der Waals surface area (Å²) in [5.74, 6) is 0. The Kier molecular flexibility index (Phi) is 8.35. The minimum atomic E-state index is -0.383. The summed E-state index contributed by atoms with van der Waals surface area (Å²) in [6, 6.07) is 2.35. The Labute approximate surface area is 93.8 Å². The van der Waals surface area contributed by atoms with E-state index in [2.05, 4.69) is 18.3 Å². The third-order valence-electron chi connectivity index (χ3n) is 2.60. The molecule has 0 rings (SSSR count). The van der Waals surface area contributed by atoms with E-state index in [0.717, 1.165) is 19.4 Å². The lowest BCUT2D eigenvalue weighted by atomic mass is 9.96. The summed E-state index contributed by atoms with van der Waals surface area (Å²) in [5.41, 5.74) is -0.383. The first-order chi connectivity index (χ1) is 7.18. The predicted octanol–water partition coefficient (Wildman–Crippen LogP) is 2.48. The van der Waals surface area contributed by atoms with Crippen LogP contribution in [0.25, 0.3) is 0 Å². The van der Waals surface area contributed by atoms with Crippen molar-refractivity contribution >= 4 is 0 Å². The summed E-state index contributed by atoms with van der Waals surface area (Å²) in [6.45, 7) is 5.56. The summed E-state index contributed by atoms with van der Waals surface area (Å²) >= 11 is 0. The summed E-state index contributed by atoms with van der Waals surface area (Å²) in [5, 5.41) is 12.3. The molecule has 0 aliphatic rings. The van der Waals surface area contributed by atoms with Crippen molar-refractivity contribution in [2.75, 3.05) is 20.3 Å². The van der Waals surface area contributed by atoms with Crippen LogP contribution in [0.2, 0.25) is 0 Å². The van der Waals surface area contributed by atoms with E-state index < -0.39 is 0 Å². The number of hydrogen-bond donors (Lipinski definition) is 1. The molecular formula is C12H24N2O. The van der Waals surface area contributed by atoms with Gasteiger partial charge in [0.1, 0.15) is 5.54 Å². The van der Waals surface area contributed by atoms with Gasteiger partial charge in [-0.05, 0) is 13.3 Å². The van der Waals surface area contributed by atoms with Crippen LogP contribution in [0.3, 0.4) is 0 Å². The van der Waals surface area contributed by atoms with Gasteiger partial charge in [0.05, 0.1) is 12.7 Å². The zero-order valence-corrected chi connectivity index (χ0v) is 10.3. The molecule has 15 heavy (non-hydrogen) atoms. The molecule has 3 heteroatoms. The van der Waals surface area contributed by atoms with Gasteiger partial charge in [0.25, 0.3) is 0 Å². The average Bonchev–Trinajstić information content (AvgIpc) is 2.25. The van der Waals surface area contributed by atoms with Crippen molar-refractivity contribution in [3.8, 4) is 6.07 Å². The maximum absolute atomic E-state index is 9.09. The van der Waals surface area contributed by atoms with Crippen LogP contribution < -0.4 is 5.32 Å². The lowest BCUT2D eigenvalue weighted by Gasteiger charge is -2.23. The predicted molar refractivity (Wildman–Crippen MR) is 62.7 cm³/mol. The van der Waals surface area contributed by atoms with Gasteiger partial charge in [0.15, 0.2) is 0 Å². The Morgan fingerprint density at radius 3 is 2.60 bits per heavy atom. The molecular weight excluding hydrogens is 188 g/mol. The number of unbranched alkanes of at least 4 members (excludes halogenated alkanes) is 3. The van der Waals surface area contributed by atoms with Crippen LogP contribution in [0, 0.1) is 11.3 Å². The maximum Gasteiger partial charge on any atom is 0.104 e. The van der Waals surface area contributed by atoms with Gasteiger partial charge in [0.2, 0.25) is 0 Å². The largest absolute Gasteiger partial charge is 0.383 e. The zero-order chi connectivity index (χ0) is 11.6. The minimum absolute atomic E-state index is 0.383. The SMILES string of the molecule is CCCCCCC(C)(C#N)NCCOC. The molecule has 0 spiro atoms. The second-order valence-corrected chi connectivity index (χ2v) is 4.17. The number of nitriles is 1. The number of methoxy groups -OCH3 is 1. The fourth-order valence-electron chi connectivity index (χ4n) is 1.52. The van der Waals surface area contributed by atoms with E-state index in [9.17, 15) is 0 Å². The smallest absolute Gasteiger partial charge is 0.104 e. The first-order valence-corrected chi connectivity index (χ1v) is 5.83. The third kappa shape index (κ3) is 7.35. The highest BCUT2D eigenvalue weighted by molar-refractivity contribution is 5.03. The fraction of sp³-hybridized carbons (Fsp3) is 0.917. The van der Waals surface area contributed by atoms with Crippen molar-refractivity contribution in [2.24, 2.45) is 0 Å². The fourth-order valence-corrected chi connectivity index (χ4v) is 1.52. The molecule has 0 aromatic heterocycles. The number of rotatable bonds is 9. The molecule has 3 nitrogen and oxygen atoms in total. The molecule has 0 fully saturated rings. The first kappa shape index (κ1) is 14.4. The number of hydrogen-bond acceptors (Lipinski definition) is 3. The Morgan fingerprint density at radius 2 is 2.07 bits per heavy atom. The average molecular weight is 212 g/mol. The molecule has 0 saturated heterocycles. The zero-order valence-electron chi connectivity index (χ0n) is 10.3. The van der Waals surface area contributed by atoms with Crippen LogP contribution in [0.5, 0.6) is 0 Å². The van der Waals surface area contributed by atoms with Crippen LogP contribution >= 0.6 is 0 Å². The van der Waals surface area contributed by atoms with E-state index in [1.807, 2.05) is 6.92 Å². The highest BCUT2D eigenvalue weighted by Crippen LogP contribution is 2.14. The van der Waals surface area contributed by atoms with Gasteiger partial charge in [-0.2, -0.15) is 5.26 Å². The lowest BCUT2D eigenvalue weighted by Crippen LogP contribution is -2.42. The highest BCUT2D eigenvalue weighted by atomic mass is 16.5.